The van der Waals surface area contributed by atoms with Crippen molar-refractivity contribution >= 4 is 22.9 Å². The van der Waals surface area contributed by atoms with Gasteiger partial charge in [-0.2, -0.15) is 13.2 Å². The predicted molar refractivity (Wildman–Crippen MR) is 53.2 cm³/mol. The van der Waals surface area contributed by atoms with Crippen LogP contribution in [0, 0.1) is 0 Å². The van der Waals surface area contributed by atoms with E-state index >= 15 is 0 Å². The van der Waals surface area contributed by atoms with Crippen molar-refractivity contribution in [3.05, 3.63) is 28.8 Å². The van der Waals surface area contributed by atoms with Crippen molar-refractivity contribution < 1.29 is 13.2 Å². The molecular formula is C8H3ClF3N3S. The third kappa shape index (κ3) is 2.30. The lowest BCUT2D eigenvalue weighted by atomic mass is 10.4. The fourth-order valence-corrected chi connectivity index (χ4v) is 1.87. The summed E-state index contributed by atoms with van der Waals surface area (Å²) in [7, 11) is 0. The van der Waals surface area contributed by atoms with E-state index in [9.17, 15) is 13.2 Å². The van der Waals surface area contributed by atoms with Crippen LogP contribution < -0.4 is 0 Å². The normalized spacial score (nSPS) is 11.8. The summed E-state index contributed by atoms with van der Waals surface area (Å²) in [5.41, 5.74) is 0.278. The van der Waals surface area contributed by atoms with Crippen LogP contribution in [0.4, 0.5) is 13.2 Å². The molecule has 0 aliphatic rings. The smallest absolute Gasteiger partial charge is 0.259 e. The Labute approximate surface area is 97.0 Å². The molecule has 84 valence electrons. The number of hydrogen-bond acceptors (Lipinski definition) is 4. The van der Waals surface area contributed by atoms with Gasteiger partial charge >= 0.3 is 6.18 Å². The standard InChI is InChI=1S/C8H3ClF3N3S/c9-6-3-13-1-4(15-6)5-2-14-7(16-5)8(10,11)12/h1-3H. The van der Waals surface area contributed by atoms with E-state index in [1.165, 1.54) is 12.4 Å². The molecule has 2 aromatic rings. The van der Waals surface area contributed by atoms with Crippen molar-refractivity contribution in [2.75, 3.05) is 0 Å². The zero-order chi connectivity index (χ0) is 11.8. The van der Waals surface area contributed by atoms with Crippen molar-refractivity contribution in [1.82, 2.24) is 15.0 Å². The molecule has 0 saturated heterocycles. The molecule has 2 aromatic heterocycles. The topological polar surface area (TPSA) is 38.7 Å². The maximum atomic E-state index is 12.3. The molecule has 0 atom stereocenters. The molecule has 0 saturated carbocycles. The first kappa shape index (κ1) is 11.3. The fourth-order valence-electron chi connectivity index (χ4n) is 0.984. The highest BCUT2D eigenvalue weighted by molar-refractivity contribution is 7.15. The van der Waals surface area contributed by atoms with Gasteiger partial charge in [0.2, 0.25) is 0 Å². The van der Waals surface area contributed by atoms with Crippen LogP contribution in [0.3, 0.4) is 0 Å². The summed E-state index contributed by atoms with van der Waals surface area (Å²) in [6, 6.07) is 0. The average molecular weight is 266 g/mol. The van der Waals surface area contributed by atoms with Crippen LogP contribution in [0.5, 0.6) is 0 Å². The van der Waals surface area contributed by atoms with Gasteiger partial charge in [0.15, 0.2) is 5.01 Å². The fraction of sp³-hybridized carbons (Fsp3) is 0.125. The molecule has 0 radical (unpaired) electrons. The van der Waals surface area contributed by atoms with Gasteiger partial charge in [0.1, 0.15) is 10.8 Å². The summed E-state index contributed by atoms with van der Waals surface area (Å²) < 4.78 is 36.8. The summed E-state index contributed by atoms with van der Waals surface area (Å²) in [6.45, 7) is 0. The van der Waals surface area contributed by atoms with E-state index in [0.717, 1.165) is 6.20 Å². The van der Waals surface area contributed by atoms with Crippen LogP contribution >= 0.6 is 22.9 Å². The molecule has 0 bridgehead atoms. The van der Waals surface area contributed by atoms with Crippen LogP contribution in [0.2, 0.25) is 5.15 Å². The first-order valence-corrected chi connectivity index (χ1v) is 5.17. The second kappa shape index (κ2) is 3.99. The summed E-state index contributed by atoms with van der Waals surface area (Å²) >= 11 is 6.08. The van der Waals surface area contributed by atoms with Gasteiger partial charge in [0.05, 0.1) is 17.3 Å². The van der Waals surface area contributed by atoms with Crippen molar-refractivity contribution in [2.24, 2.45) is 0 Å². The lowest BCUT2D eigenvalue weighted by Gasteiger charge is -1.99. The third-order valence-corrected chi connectivity index (χ3v) is 2.85. The molecule has 0 unspecified atom stereocenters. The molecule has 0 spiro atoms. The van der Waals surface area contributed by atoms with E-state index in [2.05, 4.69) is 15.0 Å². The Bertz CT molecular complexity index is 511. The highest BCUT2D eigenvalue weighted by Gasteiger charge is 2.34. The molecule has 0 aliphatic heterocycles. The van der Waals surface area contributed by atoms with Gasteiger partial charge in [-0.05, 0) is 0 Å². The van der Waals surface area contributed by atoms with E-state index in [1.54, 1.807) is 0 Å². The summed E-state index contributed by atoms with van der Waals surface area (Å²) in [6.07, 6.45) is -0.695. The largest absolute Gasteiger partial charge is 0.443 e. The molecule has 0 aromatic carbocycles. The molecule has 16 heavy (non-hydrogen) atoms. The minimum absolute atomic E-state index is 0.124. The Kier molecular flexibility index (Phi) is 2.81. The molecule has 0 fully saturated rings. The number of hydrogen-bond donors (Lipinski definition) is 0. The SMILES string of the molecule is FC(F)(F)c1ncc(-c2cncc(Cl)n2)s1. The van der Waals surface area contributed by atoms with Crippen LogP contribution in [-0.4, -0.2) is 15.0 Å². The van der Waals surface area contributed by atoms with Crippen molar-refractivity contribution in [1.29, 1.82) is 0 Å². The number of halogens is 4. The number of alkyl halides is 3. The number of aromatic nitrogens is 3. The van der Waals surface area contributed by atoms with Gasteiger partial charge < -0.3 is 0 Å². The Balaban J connectivity index is 2.39. The van der Waals surface area contributed by atoms with Crippen LogP contribution in [0.25, 0.3) is 10.6 Å². The van der Waals surface area contributed by atoms with Crippen molar-refractivity contribution in [3.8, 4) is 10.6 Å². The summed E-state index contributed by atoms with van der Waals surface area (Å²) in [4.78, 5) is 11.1. The van der Waals surface area contributed by atoms with E-state index in [-0.39, 0.29) is 15.7 Å². The molecule has 8 heteroatoms. The number of nitrogens with zero attached hydrogens (tertiary/aromatic N) is 3. The number of rotatable bonds is 1. The predicted octanol–water partition coefficient (Wildman–Crippen LogP) is 3.27. The molecule has 3 nitrogen and oxygen atoms in total. The summed E-state index contributed by atoms with van der Waals surface area (Å²) in [5, 5.41) is -0.788. The summed E-state index contributed by atoms with van der Waals surface area (Å²) in [5.74, 6) is 0. The van der Waals surface area contributed by atoms with Gasteiger partial charge in [-0.3, -0.25) is 4.98 Å². The van der Waals surface area contributed by atoms with Crippen LogP contribution in [0.1, 0.15) is 5.01 Å². The monoisotopic (exact) mass is 265 g/mol. The van der Waals surface area contributed by atoms with Gasteiger partial charge in [-0.15, -0.1) is 11.3 Å². The van der Waals surface area contributed by atoms with E-state index in [1.807, 2.05) is 0 Å². The molecule has 2 heterocycles. The van der Waals surface area contributed by atoms with E-state index in [4.69, 9.17) is 11.6 Å². The second-order valence-electron chi connectivity index (χ2n) is 2.75. The Morgan fingerprint density at radius 3 is 2.50 bits per heavy atom. The second-order valence-corrected chi connectivity index (χ2v) is 4.17. The first-order chi connectivity index (χ1) is 7.47. The molecule has 0 amide bonds. The van der Waals surface area contributed by atoms with Gasteiger partial charge in [0, 0.05) is 6.20 Å². The quantitative estimate of drug-likeness (QED) is 0.794. The molecule has 0 aliphatic carbocycles. The maximum Gasteiger partial charge on any atom is 0.443 e. The third-order valence-electron chi connectivity index (χ3n) is 1.61. The lowest BCUT2D eigenvalue weighted by molar-refractivity contribution is -0.137. The van der Waals surface area contributed by atoms with Crippen molar-refractivity contribution in [3.63, 3.8) is 0 Å². The average Bonchev–Trinajstić information content (AvgIpc) is 2.65. The van der Waals surface area contributed by atoms with Crippen LogP contribution in [0.15, 0.2) is 18.6 Å². The zero-order valence-corrected chi connectivity index (χ0v) is 9.07. The Morgan fingerprint density at radius 1 is 1.19 bits per heavy atom. The minimum Gasteiger partial charge on any atom is -0.259 e. The molecule has 0 N–H and O–H groups in total. The molecule has 2 rings (SSSR count). The van der Waals surface area contributed by atoms with Crippen LogP contribution in [-0.2, 0) is 6.18 Å². The van der Waals surface area contributed by atoms with E-state index < -0.39 is 11.2 Å². The Morgan fingerprint density at radius 2 is 1.94 bits per heavy atom. The minimum atomic E-state index is -4.44. The highest BCUT2D eigenvalue weighted by Crippen LogP contribution is 2.35. The first-order valence-electron chi connectivity index (χ1n) is 3.98. The van der Waals surface area contributed by atoms with Gasteiger partial charge in [-0.25, -0.2) is 9.97 Å². The van der Waals surface area contributed by atoms with Gasteiger partial charge in [0.25, 0.3) is 0 Å². The maximum absolute atomic E-state index is 12.3. The molecular weight excluding hydrogens is 263 g/mol. The number of thiazole rings is 1. The van der Waals surface area contributed by atoms with Crippen molar-refractivity contribution in [2.45, 2.75) is 6.18 Å². The highest BCUT2D eigenvalue weighted by atomic mass is 35.5. The van der Waals surface area contributed by atoms with E-state index in [0.29, 0.717) is 11.3 Å². The lowest BCUT2D eigenvalue weighted by Crippen LogP contribution is -2.02. The zero-order valence-electron chi connectivity index (χ0n) is 7.49. The Hall–Kier alpha value is -1.21. The van der Waals surface area contributed by atoms with Gasteiger partial charge in [-0.1, -0.05) is 11.6 Å².